The molecule has 2 aromatic carbocycles. The molecule has 5 aromatic rings. The number of nitrogens with zero attached hydrogens (tertiary/aromatic N) is 4. The van der Waals surface area contributed by atoms with Crippen LogP contribution in [-0.4, -0.2) is 37.4 Å². The fraction of sp³-hybridized carbons (Fsp3) is 0.269. The Labute approximate surface area is 206 Å². The highest BCUT2D eigenvalue weighted by Gasteiger charge is 2.23. The van der Waals surface area contributed by atoms with Gasteiger partial charge in [-0.1, -0.05) is 59.8 Å². The van der Waals surface area contributed by atoms with Gasteiger partial charge in [0.2, 0.25) is 0 Å². The third-order valence-electron chi connectivity index (χ3n) is 6.16. The van der Waals surface area contributed by atoms with Crippen LogP contribution in [-0.2, 0) is 17.0 Å². The summed E-state index contributed by atoms with van der Waals surface area (Å²) in [7, 11) is 0. The molecule has 1 N–H and O–H groups in total. The van der Waals surface area contributed by atoms with Crippen molar-refractivity contribution in [2.24, 2.45) is 0 Å². The maximum atomic E-state index is 5.96. The molecule has 1 aliphatic heterocycles. The van der Waals surface area contributed by atoms with Crippen molar-refractivity contribution in [1.82, 2.24) is 24.7 Å². The zero-order valence-corrected chi connectivity index (χ0v) is 20.5. The Morgan fingerprint density at radius 1 is 1.15 bits per heavy atom. The van der Waals surface area contributed by atoms with Crippen molar-refractivity contribution < 1.29 is 4.74 Å². The molecule has 1 saturated heterocycles. The van der Waals surface area contributed by atoms with E-state index in [-0.39, 0.29) is 6.10 Å². The van der Waals surface area contributed by atoms with Crippen molar-refractivity contribution in [1.29, 1.82) is 0 Å². The minimum Gasteiger partial charge on any atom is -0.376 e. The van der Waals surface area contributed by atoms with E-state index >= 15 is 0 Å². The Morgan fingerprint density at radius 3 is 2.88 bits per heavy atom. The maximum absolute atomic E-state index is 5.96. The van der Waals surface area contributed by atoms with E-state index in [4.69, 9.17) is 9.72 Å². The van der Waals surface area contributed by atoms with Crippen molar-refractivity contribution in [3.05, 3.63) is 71.4 Å². The number of hydrogen-bond donors (Lipinski definition) is 1. The molecule has 1 fully saturated rings. The number of H-pyrrole nitrogens is 1. The van der Waals surface area contributed by atoms with E-state index < -0.39 is 0 Å². The lowest BCUT2D eigenvalue weighted by atomic mass is 10.1. The number of rotatable bonds is 7. The fourth-order valence-corrected chi connectivity index (χ4v) is 6.12. The first-order chi connectivity index (χ1) is 16.7. The summed E-state index contributed by atoms with van der Waals surface area (Å²) < 4.78 is 8.19. The van der Waals surface area contributed by atoms with Gasteiger partial charge in [-0.25, -0.2) is 4.98 Å². The Balaban J connectivity index is 1.27. The second-order valence-electron chi connectivity index (χ2n) is 8.60. The lowest BCUT2D eigenvalue weighted by molar-refractivity contribution is 0.0953. The Bertz CT molecular complexity index is 1410. The van der Waals surface area contributed by atoms with Gasteiger partial charge >= 0.3 is 0 Å². The SMILES string of the molecule is Cc1ccc(-c2nc(CSc3nnc(-c4c[nH]c5ccccc45)n3CC3CCCO3)cs2)cc1. The second-order valence-corrected chi connectivity index (χ2v) is 10.4. The molecule has 0 amide bonds. The van der Waals surface area contributed by atoms with Gasteiger partial charge in [0.05, 0.1) is 18.3 Å². The van der Waals surface area contributed by atoms with Crippen LogP contribution in [0.2, 0.25) is 0 Å². The third kappa shape index (κ3) is 4.29. The minimum atomic E-state index is 0.201. The van der Waals surface area contributed by atoms with E-state index in [0.29, 0.717) is 0 Å². The zero-order chi connectivity index (χ0) is 22.9. The molecule has 3 aromatic heterocycles. The monoisotopic (exact) mass is 487 g/mol. The number of nitrogens with one attached hydrogen (secondary N) is 1. The van der Waals surface area contributed by atoms with Crippen molar-refractivity contribution in [2.45, 2.75) is 43.3 Å². The molecular formula is C26H25N5OS2. The van der Waals surface area contributed by atoms with Gasteiger partial charge in [-0.3, -0.25) is 4.57 Å². The maximum Gasteiger partial charge on any atom is 0.191 e. The Morgan fingerprint density at radius 2 is 2.03 bits per heavy atom. The number of thioether (sulfide) groups is 1. The summed E-state index contributed by atoms with van der Waals surface area (Å²) in [6.45, 7) is 3.69. The molecule has 1 atom stereocenters. The number of aromatic amines is 1. The summed E-state index contributed by atoms with van der Waals surface area (Å²) in [5.74, 6) is 1.63. The van der Waals surface area contributed by atoms with E-state index in [2.05, 4.69) is 74.5 Å². The lowest BCUT2D eigenvalue weighted by Crippen LogP contribution is -2.16. The quantitative estimate of drug-likeness (QED) is 0.272. The number of benzene rings is 2. The first kappa shape index (κ1) is 21.6. The molecule has 1 unspecified atom stereocenters. The number of aryl methyl sites for hydroxylation is 1. The molecule has 6 nitrogen and oxygen atoms in total. The normalized spacial score (nSPS) is 16.0. The number of aromatic nitrogens is 5. The molecular weight excluding hydrogens is 462 g/mol. The third-order valence-corrected chi connectivity index (χ3v) is 8.10. The van der Waals surface area contributed by atoms with Crippen molar-refractivity contribution >= 4 is 34.0 Å². The smallest absolute Gasteiger partial charge is 0.191 e. The number of fused-ring (bicyclic) bond motifs is 1. The highest BCUT2D eigenvalue weighted by Crippen LogP contribution is 2.33. The van der Waals surface area contributed by atoms with Gasteiger partial charge < -0.3 is 9.72 Å². The molecule has 0 spiro atoms. The van der Waals surface area contributed by atoms with Gasteiger partial charge in [-0.2, -0.15) is 0 Å². The van der Waals surface area contributed by atoms with Crippen LogP contribution < -0.4 is 0 Å². The molecule has 8 heteroatoms. The van der Waals surface area contributed by atoms with Gasteiger partial charge in [0, 0.05) is 46.0 Å². The predicted molar refractivity (Wildman–Crippen MR) is 138 cm³/mol. The van der Waals surface area contributed by atoms with Crippen LogP contribution in [0.5, 0.6) is 0 Å². The van der Waals surface area contributed by atoms with Crippen LogP contribution in [0.4, 0.5) is 0 Å². The number of thiazole rings is 1. The first-order valence-corrected chi connectivity index (χ1v) is 13.4. The largest absolute Gasteiger partial charge is 0.376 e. The van der Waals surface area contributed by atoms with E-state index in [1.807, 2.05) is 12.3 Å². The Hall–Kier alpha value is -2.94. The van der Waals surface area contributed by atoms with Gasteiger partial charge in [-0.05, 0) is 25.8 Å². The molecule has 172 valence electrons. The van der Waals surface area contributed by atoms with Crippen molar-refractivity contribution in [2.75, 3.05) is 6.61 Å². The van der Waals surface area contributed by atoms with E-state index in [1.54, 1.807) is 23.1 Å². The Kier molecular flexibility index (Phi) is 5.95. The number of hydrogen-bond acceptors (Lipinski definition) is 6. The molecule has 0 bridgehead atoms. The first-order valence-electron chi connectivity index (χ1n) is 11.5. The summed E-state index contributed by atoms with van der Waals surface area (Å²) in [5, 5.41) is 14.5. The van der Waals surface area contributed by atoms with Gasteiger partial charge in [0.1, 0.15) is 5.01 Å². The molecule has 4 heterocycles. The topological polar surface area (TPSA) is 68.6 Å². The van der Waals surface area contributed by atoms with Crippen LogP contribution >= 0.6 is 23.1 Å². The molecule has 0 aliphatic carbocycles. The van der Waals surface area contributed by atoms with Crippen molar-refractivity contribution in [3.63, 3.8) is 0 Å². The standard InChI is InChI=1S/C26H25N5OS2/c1-17-8-10-18(11-9-17)25-28-19(15-33-25)16-34-26-30-29-24(31(26)14-20-5-4-12-32-20)22-13-27-23-7-3-2-6-21(22)23/h2-3,6-11,13,15,20,27H,4-5,12,14,16H2,1H3. The minimum absolute atomic E-state index is 0.201. The summed E-state index contributed by atoms with van der Waals surface area (Å²) in [6, 6.07) is 16.8. The van der Waals surface area contributed by atoms with Gasteiger partial charge in [-0.15, -0.1) is 21.5 Å². The van der Waals surface area contributed by atoms with Crippen LogP contribution in [0.3, 0.4) is 0 Å². The summed E-state index contributed by atoms with van der Waals surface area (Å²) in [4.78, 5) is 8.23. The van der Waals surface area contributed by atoms with Crippen LogP contribution in [0.15, 0.2) is 65.3 Å². The second kappa shape index (κ2) is 9.37. The van der Waals surface area contributed by atoms with Crippen LogP contribution in [0, 0.1) is 6.92 Å². The lowest BCUT2D eigenvalue weighted by Gasteiger charge is -2.14. The molecule has 1 aliphatic rings. The fourth-order valence-electron chi connectivity index (χ4n) is 4.35. The summed E-state index contributed by atoms with van der Waals surface area (Å²) in [6.07, 6.45) is 4.41. The molecule has 0 saturated carbocycles. The number of para-hydroxylation sites is 1. The highest BCUT2D eigenvalue weighted by molar-refractivity contribution is 7.98. The van der Waals surface area contributed by atoms with Gasteiger partial charge in [0.25, 0.3) is 0 Å². The average Bonchev–Trinajstić information content (AvgIpc) is 3.66. The van der Waals surface area contributed by atoms with Gasteiger partial charge in [0.15, 0.2) is 11.0 Å². The average molecular weight is 488 g/mol. The predicted octanol–water partition coefficient (Wildman–Crippen LogP) is 6.33. The van der Waals surface area contributed by atoms with Crippen LogP contribution in [0.25, 0.3) is 32.9 Å². The summed E-state index contributed by atoms with van der Waals surface area (Å²) in [5.41, 5.74) is 5.65. The van der Waals surface area contributed by atoms with E-state index in [1.165, 1.54) is 5.56 Å². The van der Waals surface area contributed by atoms with E-state index in [9.17, 15) is 0 Å². The summed E-state index contributed by atoms with van der Waals surface area (Å²) >= 11 is 3.37. The zero-order valence-electron chi connectivity index (χ0n) is 18.9. The molecule has 6 rings (SSSR count). The highest BCUT2D eigenvalue weighted by atomic mass is 32.2. The molecule has 0 radical (unpaired) electrons. The van der Waals surface area contributed by atoms with E-state index in [0.717, 1.165) is 75.5 Å². The number of ether oxygens (including phenoxy) is 1. The van der Waals surface area contributed by atoms with Crippen LogP contribution in [0.1, 0.15) is 24.1 Å². The molecule has 34 heavy (non-hydrogen) atoms. The van der Waals surface area contributed by atoms with Crippen molar-refractivity contribution in [3.8, 4) is 22.0 Å².